The number of anilines is 1. The maximum absolute atomic E-state index is 13.9. The van der Waals surface area contributed by atoms with Gasteiger partial charge in [0, 0.05) is 0 Å². The topological polar surface area (TPSA) is 29.1 Å². The highest BCUT2D eigenvalue weighted by atomic mass is 19.1. The summed E-state index contributed by atoms with van der Waals surface area (Å²) in [4.78, 5) is 12.1. The van der Waals surface area contributed by atoms with E-state index < -0.39 is 17.5 Å². The first kappa shape index (κ1) is 15.2. The first-order valence-corrected chi connectivity index (χ1v) is 6.64. The van der Waals surface area contributed by atoms with E-state index in [2.05, 4.69) is 5.32 Å². The molecule has 0 aliphatic carbocycles. The number of hydrogen-bond donors (Lipinski definition) is 1. The highest BCUT2D eigenvalue weighted by Crippen LogP contribution is 2.21. The van der Waals surface area contributed by atoms with Crippen molar-refractivity contribution in [1.82, 2.24) is 0 Å². The van der Waals surface area contributed by atoms with Gasteiger partial charge in [-0.2, -0.15) is 0 Å². The zero-order valence-electron chi connectivity index (χ0n) is 12.5. The number of nitrogens with one attached hydrogen (secondary N) is 1. The van der Waals surface area contributed by atoms with Crippen LogP contribution in [0, 0.1) is 39.3 Å². The minimum atomic E-state index is -0.655. The molecule has 2 nitrogen and oxygen atoms in total. The van der Waals surface area contributed by atoms with E-state index in [9.17, 15) is 13.6 Å². The molecule has 2 aromatic carbocycles. The molecule has 0 aliphatic heterocycles. The molecule has 0 aliphatic rings. The largest absolute Gasteiger partial charge is 0.319 e. The molecular formula is C17H17F2NO. The fourth-order valence-corrected chi connectivity index (χ4v) is 2.02. The summed E-state index contributed by atoms with van der Waals surface area (Å²) in [6.07, 6.45) is 0. The first-order valence-electron chi connectivity index (χ1n) is 6.64. The van der Waals surface area contributed by atoms with Crippen molar-refractivity contribution in [3.63, 3.8) is 0 Å². The molecule has 0 saturated heterocycles. The predicted octanol–water partition coefficient (Wildman–Crippen LogP) is 4.45. The van der Waals surface area contributed by atoms with Crippen LogP contribution in [0.3, 0.4) is 0 Å². The fraction of sp³-hybridized carbons (Fsp3) is 0.235. The Balaban J connectivity index is 2.35. The van der Waals surface area contributed by atoms with Gasteiger partial charge in [-0.05, 0) is 74.2 Å². The van der Waals surface area contributed by atoms with E-state index in [1.165, 1.54) is 18.2 Å². The molecule has 0 aromatic heterocycles. The van der Waals surface area contributed by atoms with Crippen molar-refractivity contribution in [2.24, 2.45) is 0 Å². The van der Waals surface area contributed by atoms with E-state index in [-0.39, 0.29) is 11.3 Å². The average Bonchev–Trinajstić information content (AvgIpc) is 2.40. The Bertz CT molecular complexity index is 723. The third-order valence-corrected chi connectivity index (χ3v) is 3.66. The van der Waals surface area contributed by atoms with E-state index >= 15 is 0 Å². The SMILES string of the molecule is Cc1cc(F)c(NC(=O)c2cc(C)c(C)cc2F)cc1C. The highest BCUT2D eigenvalue weighted by molar-refractivity contribution is 6.04. The molecule has 2 aromatic rings. The van der Waals surface area contributed by atoms with Crippen LogP contribution in [0.1, 0.15) is 32.6 Å². The van der Waals surface area contributed by atoms with Gasteiger partial charge in [-0.1, -0.05) is 0 Å². The molecule has 0 unspecified atom stereocenters. The Labute approximate surface area is 122 Å². The minimum Gasteiger partial charge on any atom is -0.319 e. The van der Waals surface area contributed by atoms with Gasteiger partial charge in [0.1, 0.15) is 11.6 Å². The van der Waals surface area contributed by atoms with Crippen molar-refractivity contribution in [3.05, 3.63) is 63.7 Å². The molecule has 0 spiro atoms. The zero-order valence-corrected chi connectivity index (χ0v) is 12.5. The molecular weight excluding hydrogens is 272 g/mol. The first-order chi connectivity index (χ1) is 9.79. The second-order valence-electron chi connectivity index (χ2n) is 5.29. The van der Waals surface area contributed by atoms with Gasteiger partial charge in [-0.25, -0.2) is 8.78 Å². The van der Waals surface area contributed by atoms with E-state index in [0.29, 0.717) is 0 Å². The van der Waals surface area contributed by atoms with Crippen LogP contribution in [0.5, 0.6) is 0 Å². The quantitative estimate of drug-likeness (QED) is 0.869. The van der Waals surface area contributed by atoms with E-state index in [0.717, 1.165) is 22.3 Å². The molecule has 110 valence electrons. The standard InChI is InChI=1S/C17H17F2NO/c1-9-5-13(14(18)6-10(9)2)17(21)20-16-8-12(4)11(3)7-15(16)19/h5-8H,1-4H3,(H,20,21). The maximum atomic E-state index is 13.9. The van der Waals surface area contributed by atoms with Crippen molar-refractivity contribution in [1.29, 1.82) is 0 Å². The molecule has 4 heteroatoms. The van der Waals surface area contributed by atoms with Gasteiger partial charge < -0.3 is 5.32 Å². The molecule has 0 fully saturated rings. The number of benzene rings is 2. The van der Waals surface area contributed by atoms with Gasteiger partial charge >= 0.3 is 0 Å². The van der Waals surface area contributed by atoms with Crippen molar-refractivity contribution in [2.75, 3.05) is 5.32 Å². The summed E-state index contributed by atoms with van der Waals surface area (Å²) in [5.74, 6) is -1.80. The molecule has 0 heterocycles. The summed E-state index contributed by atoms with van der Waals surface area (Å²) < 4.78 is 27.7. The lowest BCUT2D eigenvalue weighted by Crippen LogP contribution is -2.15. The monoisotopic (exact) mass is 289 g/mol. The molecule has 0 saturated carbocycles. The summed E-state index contributed by atoms with van der Waals surface area (Å²) in [5.41, 5.74) is 3.19. The number of amides is 1. The Morgan fingerprint density at radius 3 is 1.90 bits per heavy atom. The van der Waals surface area contributed by atoms with Crippen LogP contribution in [-0.4, -0.2) is 5.91 Å². The lowest BCUT2D eigenvalue weighted by Gasteiger charge is -2.11. The molecule has 0 radical (unpaired) electrons. The summed E-state index contributed by atoms with van der Waals surface area (Å²) in [5, 5.41) is 2.43. The number of aryl methyl sites for hydroxylation is 4. The Hall–Kier alpha value is -2.23. The third-order valence-electron chi connectivity index (χ3n) is 3.66. The van der Waals surface area contributed by atoms with E-state index in [1.807, 2.05) is 6.92 Å². The van der Waals surface area contributed by atoms with Crippen LogP contribution >= 0.6 is 0 Å². The molecule has 1 N–H and O–H groups in total. The number of rotatable bonds is 2. The zero-order chi connectivity index (χ0) is 15.7. The van der Waals surface area contributed by atoms with Crippen molar-refractivity contribution >= 4 is 11.6 Å². The molecule has 0 atom stereocenters. The van der Waals surface area contributed by atoms with Crippen LogP contribution in [0.25, 0.3) is 0 Å². The summed E-state index contributed by atoms with van der Waals surface area (Å²) in [6.45, 7) is 7.17. The normalized spacial score (nSPS) is 10.6. The Morgan fingerprint density at radius 2 is 1.29 bits per heavy atom. The highest BCUT2D eigenvalue weighted by Gasteiger charge is 2.15. The van der Waals surface area contributed by atoms with Crippen LogP contribution in [-0.2, 0) is 0 Å². The molecule has 1 amide bonds. The van der Waals surface area contributed by atoms with Crippen LogP contribution in [0.2, 0.25) is 0 Å². The van der Waals surface area contributed by atoms with Crippen LogP contribution in [0.4, 0.5) is 14.5 Å². The van der Waals surface area contributed by atoms with Gasteiger partial charge in [-0.15, -0.1) is 0 Å². The van der Waals surface area contributed by atoms with Crippen molar-refractivity contribution in [3.8, 4) is 0 Å². The summed E-state index contributed by atoms with van der Waals surface area (Å²) >= 11 is 0. The van der Waals surface area contributed by atoms with E-state index in [1.54, 1.807) is 26.8 Å². The fourth-order valence-electron chi connectivity index (χ4n) is 2.02. The lowest BCUT2D eigenvalue weighted by molar-refractivity contribution is 0.102. The molecule has 2 rings (SSSR count). The third kappa shape index (κ3) is 3.10. The second-order valence-corrected chi connectivity index (χ2v) is 5.29. The second kappa shape index (κ2) is 5.64. The molecule has 0 bridgehead atoms. The number of hydrogen-bond acceptors (Lipinski definition) is 1. The van der Waals surface area contributed by atoms with Gasteiger partial charge in [0.05, 0.1) is 11.3 Å². The van der Waals surface area contributed by atoms with E-state index in [4.69, 9.17) is 0 Å². The predicted molar refractivity (Wildman–Crippen MR) is 79.7 cm³/mol. The van der Waals surface area contributed by atoms with Gasteiger partial charge in [0.15, 0.2) is 0 Å². The van der Waals surface area contributed by atoms with Crippen molar-refractivity contribution < 1.29 is 13.6 Å². The smallest absolute Gasteiger partial charge is 0.258 e. The summed E-state index contributed by atoms with van der Waals surface area (Å²) in [6, 6.07) is 5.67. The Morgan fingerprint density at radius 1 is 0.810 bits per heavy atom. The Kier molecular flexibility index (Phi) is 4.07. The van der Waals surface area contributed by atoms with Crippen LogP contribution in [0.15, 0.2) is 24.3 Å². The number of halogens is 2. The minimum absolute atomic E-state index is 0.0562. The average molecular weight is 289 g/mol. The van der Waals surface area contributed by atoms with Gasteiger partial charge in [0.25, 0.3) is 5.91 Å². The van der Waals surface area contributed by atoms with Gasteiger partial charge in [0.2, 0.25) is 0 Å². The number of carbonyl (C=O) groups is 1. The maximum Gasteiger partial charge on any atom is 0.258 e. The molecule has 21 heavy (non-hydrogen) atoms. The van der Waals surface area contributed by atoms with Crippen molar-refractivity contribution in [2.45, 2.75) is 27.7 Å². The van der Waals surface area contributed by atoms with Crippen LogP contribution < -0.4 is 5.32 Å². The number of carbonyl (C=O) groups excluding carboxylic acids is 1. The summed E-state index contributed by atoms with van der Waals surface area (Å²) in [7, 11) is 0. The van der Waals surface area contributed by atoms with Gasteiger partial charge in [-0.3, -0.25) is 4.79 Å². The lowest BCUT2D eigenvalue weighted by atomic mass is 10.0.